The summed E-state index contributed by atoms with van der Waals surface area (Å²) in [6.45, 7) is 1.89. The highest BCUT2D eigenvalue weighted by molar-refractivity contribution is 7.92. The number of benzene rings is 3. The standard InChI is InChI=1S/C23H22N2O4S/c1-2-17-10-6-7-13-19(17)24-23(26)22-16-25(20-14-8-9-15-21(20)29-22)30(27,28)18-11-4-3-5-12-18/h3-15,22H,2,16H2,1H3,(H,24,26). The highest BCUT2D eigenvalue weighted by atomic mass is 32.2. The molecule has 1 aliphatic heterocycles. The van der Waals surface area contributed by atoms with Crippen LogP contribution in [0.2, 0.25) is 0 Å². The van der Waals surface area contributed by atoms with Crippen molar-refractivity contribution >= 4 is 27.3 Å². The van der Waals surface area contributed by atoms with Gasteiger partial charge in [-0.3, -0.25) is 9.10 Å². The zero-order valence-corrected chi connectivity index (χ0v) is 17.3. The van der Waals surface area contributed by atoms with Crippen LogP contribution in [-0.2, 0) is 21.2 Å². The van der Waals surface area contributed by atoms with E-state index in [-0.39, 0.29) is 11.4 Å². The zero-order chi connectivity index (χ0) is 21.1. The molecule has 1 atom stereocenters. The number of nitrogens with one attached hydrogen (secondary N) is 1. The van der Waals surface area contributed by atoms with Crippen molar-refractivity contribution < 1.29 is 17.9 Å². The molecule has 4 rings (SSSR count). The fourth-order valence-corrected chi connectivity index (χ4v) is 4.95. The number of hydrogen-bond acceptors (Lipinski definition) is 4. The Balaban J connectivity index is 1.67. The van der Waals surface area contributed by atoms with Crippen molar-refractivity contribution in [2.45, 2.75) is 24.3 Å². The molecule has 3 aromatic carbocycles. The summed E-state index contributed by atoms with van der Waals surface area (Å²) in [4.78, 5) is 13.2. The molecule has 7 heteroatoms. The van der Waals surface area contributed by atoms with E-state index in [9.17, 15) is 13.2 Å². The van der Waals surface area contributed by atoms with Gasteiger partial charge in [-0.15, -0.1) is 0 Å². The number of para-hydroxylation sites is 3. The number of carbonyl (C=O) groups excluding carboxylic acids is 1. The molecule has 1 amide bonds. The molecule has 0 aromatic heterocycles. The number of sulfonamides is 1. The number of carbonyl (C=O) groups is 1. The number of rotatable bonds is 5. The van der Waals surface area contributed by atoms with E-state index in [2.05, 4.69) is 5.32 Å². The Morgan fingerprint density at radius 3 is 2.43 bits per heavy atom. The predicted molar refractivity (Wildman–Crippen MR) is 116 cm³/mol. The predicted octanol–water partition coefficient (Wildman–Crippen LogP) is 3.84. The summed E-state index contributed by atoms with van der Waals surface area (Å²) in [6, 6.07) is 22.5. The van der Waals surface area contributed by atoms with Gasteiger partial charge in [-0.1, -0.05) is 55.5 Å². The third-order valence-electron chi connectivity index (χ3n) is 5.01. The lowest BCUT2D eigenvalue weighted by atomic mass is 10.1. The second-order valence-corrected chi connectivity index (χ2v) is 8.79. The molecule has 1 aliphatic rings. The summed E-state index contributed by atoms with van der Waals surface area (Å²) in [6.07, 6.45) is -0.220. The SMILES string of the molecule is CCc1ccccc1NC(=O)C1CN(S(=O)(=O)c2ccccc2)c2ccccc2O1. The van der Waals surface area contributed by atoms with Crippen LogP contribution in [0.15, 0.2) is 83.8 Å². The van der Waals surface area contributed by atoms with Crippen LogP contribution in [0.3, 0.4) is 0 Å². The van der Waals surface area contributed by atoms with E-state index >= 15 is 0 Å². The van der Waals surface area contributed by atoms with Crippen molar-refractivity contribution in [3.63, 3.8) is 0 Å². The lowest BCUT2D eigenvalue weighted by Crippen LogP contribution is -2.48. The van der Waals surface area contributed by atoms with Crippen LogP contribution in [-0.4, -0.2) is 27.0 Å². The number of anilines is 2. The third kappa shape index (κ3) is 3.76. The van der Waals surface area contributed by atoms with Crippen LogP contribution in [0.4, 0.5) is 11.4 Å². The van der Waals surface area contributed by atoms with E-state index in [1.165, 1.54) is 4.31 Å². The first-order chi connectivity index (χ1) is 14.5. The highest BCUT2D eigenvalue weighted by Gasteiger charge is 2.37. The second-order valence-electron chi connectivity index (χ2n) is 6.92. The molecule has 0 aliphatic carbocycles. The highest BCUT2D eigenvalue weighted by Crippen LogP contribution is 2.37. The van der Waals surface area contributed by atoms with Crippen molar-refractivity contribution in [3.05, 3.63) is 84.4 Å². The second kappa shape index (κ2) is 8.20. The summed E-state index contributed by atoms with van der Waals surface area (Å²) >= 11 is 0. The van der Waals surface area contributed by atoms with Crippen LogP contribution in [0.1, 0.15) is 12.5 Å². The van der Waals surface area contributed by atoms with Gasteiger partial charge in [0, 0.05) is 5.69 Å². The van der Waals surface area contributed by atoms with Crippen LogP contribution in [0.5, 0.6) is 5.75 Å². The number of aryl methyl sites for hydroxylation is 1. The summed E-state index contributed by atoms with van der Waals surface area (Å²) in [7, 11) is -3.85. The van der Waals surface area contributed by atoms with Crippen molar-refractivity contribution in [3.8, 4) is 5.75 Å². The van der Waals surface area contributed by atoms with Gasteiger partial charge in [-0.25, -0.2) is 8.42 Å². The minimum absolute atomic E-state index is 0.117. The summed E-state index contributed by atoms with van der Waals surface area (Å²) in [5.74, 6) is -0.0363. The topological polar surface area (TPSA) is 75.7 Å². The Hall–Kier alpha value is -3.32. The maximum Gasteiger partial charge on any atom is 0.267 e. The van der Waals surface area contributed by atoms with Gasteiger partial charge in [0.1, 0.15) is 5.75 Å². The minimum atomic E-state index is -3.85. The maximum absolute atomic E-state index is 13.3. The maximum atomic E-state index is 13.3. The van der Waals surface area contributed by atoms with Crippen molar-refractivity contribution in [2.24, 2.45) is 0 Å². The molecule has 0 saturated carbocycles. The average molecular weight is 423 g/mol. The summed E-state index contributed by atoms with van der Waals surface area (Å²) in [5.41, 5.74) is 2.11. The molecule has 154 valence electrons. The van der Waals surface area contributed by atoms with Gasteiger partial charge >= 0.3 is 0 Å². The van der Waals surface area contributed by atoms with E-state index in [0.29, 0.717) is 17.1 Å². The van der Waals surface area contributed by atoms with E-state index in [1.54, 1.807) is 54.6 Å². The molecule has 0 saturated heterocycles. The van der Waals surface area contributed by atoms with Crippen LogP contribution in [0.25, 0.3) is 0 Å². The van der Waals surface area contributed by atoms with Gasteiger partial charge in [0.15, 0.2) is 6.10 Å². The summed E-state index contributed by atoms with van der Waals surface area (Å²) in [5, 5.41) is 2.89. The number of nitrogens with zero attached hydrogens (tertiary/aromatic N) is 1. The third-order valence-corrected chi connectivity index (χ3v) is 6.81. The monoisotopic (exact) mass is 422 g/mol. The Morgan fingerprint density at radius 1 is 1.00 bits per heavy atom. The molecule has 1 heterocycles. The molecule has 0 fully saturated rings. The molecule has 6 nitrogen and oxygen atoms in total. The van der Waals surface area contributed by atoms with E-state index in [1.807, 2.05) is 31.2 Å². The van der Waals surface area contributed by atoms with Gasteiger partial charge in [0.05, 0.1) is 17.1 Å². The first-order valence-electron chi connectivity index (χ1n) is 9.73. The number of ether oxygens (including phenoxy) is 1. The van der Waals surface area contributed by atoms with Crippen LogP contribution >= 0.6 is 0 Å². The molecule has 1 N–H and O–H groups in total. The minimum Gasteiger partial charge on any atom is -0.476 e. The Kier molecular flexibility index (Phi) is 5.46. The normalized spacial score (nSPS) is 15.8. The fraction of sp³-hybridized carbons (Fsp3) is 0.174. The van der Waals surface area contributed by atoms with Crippen LogP contribution in [0, 0.1) is 0 Å². The molecule has 3 aromatic rings. The van der Waals surface area contributed by atoms with Crippen molar-refractivity contribution in [2.75, 3.05) is 16.2 Å². The molecule has 0 bridgehead atoms. The van der Waals surface area contributed by atoms with Crippen LogP contribution < -0.4 is 14.4 Å². The van der Waals surface area contributed by atoms with Gasteiger partial charge in [-0.05, 0) is 42.3 Å². The molecular formula is C23H22N2O4S. The van der Waals surface area contributed by atoms with Crippen molar-refractivity contribution in [1.82, 2.24) is 0 Å². The molecule has 30 heavy (non-hydrogen) atoms. The van der Waals surface area contributed by atoms with Crippen molar-refractivity contribution in [1.29, 1.82) is 0 Å². The van der Waals surface area contributed by atoms with Gasteiger partial charge < -0.3 is 10.1 Å². The zero-order valence-electron chi connectivity index (χ0n) is 16.5. The molecule has 0 spiro atoms. The van der Waals surface area contributed by atoms with Gasteiger partial charge in [0.25, 0.3) is 15.9 Å². The number of hydrogen-bond donors (Lipinski definition) is 1. The van der Waals surface area contributed by atoms with E-state index in [4.69, 9.17) is 4.74 Å². The number of amides is 1. The van der Waals surface area contributed by atoms with E-state index < -0.39 is 22.0 Å². The largest absolute Gasteiger partial charge is 0.476 e. The lowest BCUT2D eigenvalue weighted by molar-refractivity contribution is -0.122. The molecular weight excluding hydrogens is 400 g/mol. The Bertz CT molecular complexity index is 1160. The smallest absolute Gasteiger partial charge is 0.267 e. The Labute approximate surface area is 176 Å². The summed E-state index contributed by atoms with van der Waals surface area (Å²) < 4.78 is 33.8. The molecule has 0 radical (unpaired) electrons. The quantitative estimate of drug-likeness (QED) is 0.678. The van der Waals surface area contributed by atoms with E-state index in [0.717, 1.165) is 12.0 Å². The Morgan fingerprint density at radius 2 is 1.67 bits per heavy atom. The van der Waals surface area contributed by atoms with Gasteiger partial charge in [0.2, 0.25) is 0 Å². The average Bonchev–Trinajstić information content (AvgIpc) is 2.79. The first-order valence-corrected chi connectivity index (χ1v) is 11.2. The number of fused-ring (bicyclic) bond motifs is 1. The fourth-order valence-electron chi connectivity index (χ4n) is 3.45. The first kappa shape index (κ1) is 20.0. The lowest BCUT2D eigenvalue weighted by Gasteiger charge is -2.34. The van der Waals surface area contributed by atoms with Gasteiger partial charge in [-0.2, -0.15) is 0 Å². The molecule has 1 unspecified atom stereocenters.